The smallest absolute Gasteiger partial charge is 0.322 e. The van der Waals surface area contributed by atoms with Crippen LogP contribution in [-0.4, -0.2) is 15.6 Å². The molecule has 1 aliphatic rings. The van der Waals surface area contributed by atoms with Crippen LogP contribution in [0.4, 0.5) is 0 Å². The highest BCUT2D eigenvalue weighted by molar-refractivity contribution is 6.17. The number of para-hydroxylation sites is 1. The fourth-order valence-electron chi connectivity index (χ4n) is 2.23. The molecule has 0 N–H and O–H groups in total. The molecule has 3 rings (SSSR count). The normalized spacial score (nSPS) is 15.6. The summed E-state index contributed by atoms with van der Waals surface area (Å²) in [4.78, 5) is 8.27. The largest absolute Gasteiger partial charge is 0.483 e. The van der Waals surface area contributed by atoms with Crippen molar-refractivity contribution in [2.75, 3.05) is 0 Å². The van der Waals surface area contributed by atoms with E-state index in [1.165, 1.54) is 0 Å². The molecular weight excluding hydrogens is 276 g/mol. The van der Waals surface area contributed by atoms with Crippen molar-refractivity contribution in [2.45, 2.75) is 31.7 Å². The first-order valence-corrected chi connectivity index (χ1v) is 6.96. The highest BCUT2D eigenvalue weighted by Crippen LogP contribution is 2.42. The van der Waals surface area contributed by atoms with E-state index in [9.17, 15) is 0 Å². The van der Waals surface area contributed by atoms with Crippen LogP contribution in [-0.2, 0) is 12.3 Å². The van der Waals surface area contributed by atoms with Gasteiger partial charge in [-0.25, -0.2) is 9.97 Å². The lowest BCUT2D eigenvalue weighted by molar-refractivity contribution is 0.134. The minimum Gasteiger partial charge on any atom is -0.483 e. The van der Waals surface area contributed by atoms with Crippen LogP contribution in [0.15, 0.2) is 30.6 Å². The lowest BCUT2D eigenvalue weighted by Gasteiger charge is -2.17. The molecule has 104 valence electrons. The molecule has 2 aromatic rings. The highest BCUT2D eigenvalue weighted by Gasteiger charge is 2.32. The van der Waals surface area contributed by atoms with Gasteiger partial charge in [-0.05, 0) is 19.9 Å². The Morgan fingerprint density at radius 2 is 2.05 bits per heavy atom. The number of hydrogen-bond acceptors (Lipinski definition) is 4. The molecule has 1 aromatic heterocycles. The third-order valence-corrected chi connectivity index (χ3v) is 3.40. The fourth-order valence-corrected chi connectivity index (χ4v) is 2.37. The quantitative estimate of drug-likeness (QED) is 0.808. The van der Waals surface area contributed by atoms with Gasteiger partial charge in [-0.1, -0.05) is 12.1 Å². The van der Waals surface area contributed by atoms with Crippen molar-refractivity contribution in [2.24, 2.45) is 0 Å². The van der Waals surface area contributed by atoms with Crippen LogP contribution < -0.4 is 9.47 Å². The topological polar surface area (TPSA) is 44.2 Å². The molecule has 5 heteroatoms. The molecule has 0 atom stereocenters. The van der Waals surface area contributed by atoms with Gasteiger partial charge in [-0.3, -0.25) is 0 Å². The molecule has 1 aliphatic heterocycles. The number of rotatable bonds is 3. The average Bonchev–Trinajstić information content (AvgIpc) is 2.75. The minimum atomic E-state index is -0.203. The maximum Gasteiger partial charge on any atom is 0.322 e. The van der Waals surface area contributed by atoms with Crippen molar-refractivity contribution in [3.05, 3.63) is 41.7 Å². The first kappa shape index (κ1) is 13.2. The van der Waals surface area contributed by atoms with Gasteiger partial charge in [0.2, 0.25) is 0 Å². The Balaban J connectivity index is 1.87. The molecular formula is C15H15ClN2O2. The summed E-state index contributed by atoms with van der Waals surface area (Å²) >= 11 is 5.71. The molecule has 0 fully saturated rings. The number of alkyl halides is 1. The van der Waals surface area contributed by atoms with E-state index in [-0.39, 0.29) is 5.60 Å². The molecule has 0 aliphatic carbocycles. The van der Waals surface area contributed by atoms with Crippen LogP contribution in [0.5, 0.6) is 17.5 Å². The second kappa shape index (κ2) is 4.94. The standard InChI is InChI=1S/C15H15ClN2O2/c1-15(2)6-11-4-3-5-12(13(11)20-15)19-14-17-8-10(7-16)9-18-14/h3-5,8-9H,6-7H2,1-2H3. The Morgan fingerprint density at radius 1 is 1.30 bits per heavy atom. The molecule has 0 unspecified atom stereocenters. The number of fused-ring (bicyclic) bond motifs is 1. The van der Waals surface area contributed by atoms with Crippen molar-refractivity contribution in [1.29, 1.82) is 0 Å². The molecule has 0 bridgehead atoms. The van der Waals surface area contributed by atoms with Gasteiger partial charge < -0.3 is 9.47 Å². The van der Waals surface area contributed by atoms with Crippen LogP contribution in [0.3, 0.4) is 0 Å². The molecule has 1 aromatic carbocycles. The Hall–Kier alpha value is -1.81. The van der Waals surface area contributed by atoms with E-state index in [0.29, 0.717) is 17.6 Å². The number of halogens is 1. The fraction of sp³-hybridized carbons (Fsp3) is 0.333. The zero-order chi connectivity index (χ0) is 14.2. The van der Waals surface area contributed by atoms with Crippen molar-refractivity contribution in [3.8, 4) is 17.5 Å². The van der Waals surface area contributed by atoms with Crippen LogP contribution >= 0.6 is 11.6 Å². The number of ether oxygens (including phenoxy) is 2. The van der Waals surface area contributed by atoms with Crippen molar-refractivity contribution < 1.29 is 9.47 Å². The van der Waals surface area contributed by atoms with Gasteiger partial charge in [0.05, 0.1) is 5.88 Å². The minimum absolute atomic E-state index is 0.203. The monoisotopic (exact) mass is 290 g/mol. The summed E-state index contributed by atoms with van der Waals surface area (Å²) in [5.74, 6) is 1.81. The summed E-state index contributed by atoms with van der Waals surface area (Å²) in [6.07, 6.45) is 4.18. The van der Waals surface area contributed by atoms with Crippen molar-refractivity contribution in [1.82, 2.24) is 9.97 Å². The van der Waals surface area contributed by atoms with Gasteiger partial charge in [-0.15, -0.1) is 11.6 Å². The molecule has 0 radical (unpaired) electrons. The van der Waals surface area contributed by atoms with Gasteiger partial charge in [0.1, 0.15) is 5.60 Å². The van der Waals surface area contributed by atoms with Crippen LogP contribution in [0.1, 0.15) is 25.0 Å². The van der Waals surface area contributed by atoms with E-state index in [1.807, 2.05) is 18.2 Å². The summed E-state index contributed by atoms with van der Waals surface area (Å²) in [5, 5.41) is 0. The second-order valence-corrected chi connectivity index (χ2v) is 5.66. The average molecular weight is 291 g/mol. The van der Waals surface area contributed by atoms with E-state index in [2.05, 4.69) is 23.8 Å². The second-order valence-electron chi connectivity index (χ2n) is 5.39. The lowest BCUT2D eigenvalue weighted by atomic mass is 10.0. The zero-order valence-corrected chi connectivity index (χ0v) is 12.1. The van der Waals surface area contributed by atoms with E-state index >= 15 is 0 Å². The summed E-state index contributed by atoms with van der Waals surface area (Å²) in [5.41, 5.74) is 1.80. The van der Waals surface area contributed by atoms with Gasteiger partial charge >= 0.3 is 6.01 Å². The molecule has 20 heavy (non-hydrogen) atoms. The lowest BCUT2D eigenvalue weighted by Crippen LogP contribution is -2.24. The first-order chi connectivity index (χ1) is 9.57. The summed E-state index contributed by atoms with van der Waals surface area (Å²) in [7, 11) is 0. The van der Waals surface area contributed by atoms with Gasteiger partial charge in [0.25, 0.3) is 0 Å². The maximum atomic E-state index is 5.94. The Kier molecular flexibility index (Phi) is 3.26. The maximum absolute atomic E-state index is 5.94. The Labute approximate surface area is 122 Å². The molecule has 0 amide bonds. The summed E-state index contributed by atoms with van der Waals surface area (Å²) in [6, 6.07) is 6.15. The zero-order valence-electron chi connectivity index (χ0n) is 11.4. The third kappa shape index (κ3) is 2.56. The predicted octanol–water partition coefficient (Wildman–Crippen LogP) is 3.72. The summed E-state index contributed by atoms with van der Waals surface area (Å²) < 4.78 is 11.7. The van der Waals surface area contributed by atoms with Gasteiger partial charge in [-0.2, -0.15) is 0 Å². The molecule has 2 heterocycles. The molecule has 0 saturated carbocycles. The number of hydrogen-bond donors (Lipinski definition) is 0. The van der Waals surface area contributed by atoms with Crippen LogP contribution in [0.2, 0.25) is 0 Å². The van der Waals surface area contributed by atoms with E-state index in [0.717, 1.165) is 23.3 Å². The summed E-state index contributed by atoms with van der Waals surface area (Å²) in [6.45, 7) is 4.12. The molecule has 0 saturated heterocycles. The number of benzene rings is 1. The first-order valence-electron chi connectivity index (χ1n) is 6.43. The molecule has 4 nitrogen and oxygen atoms in total. The van der Waals surface area contributed by atoms with E-state index < -0.39 is 0 Å². The van der Waals surface area contributed by atoms with E-state index in [1.54, 1.807) is 12.4 Å². The van der Waals surface area contributed by atoms with Crippen molar-refractivity contribution in [3.63, 3.8) is 0 Å². The van der Waals surface area contributed by atoms with Crippen LogP contribution in [0.25, 0.3) is 0 Å². The molecule has 0 spiro atoms. The highest BCUT2D eigenvalue weighted by atomic mass is 35.5. The Bertz CT molecular complexity index is 626. The van der Waals surface area contributed by atoms with Gasteiger partial charge in [0, 0.05) is 29.9 Å². The van der Waals surface area contributed by atoms with Crippen molar-refractivity contribution >= 4 is 11.6 Å². The van der Waals surface area contributed by atoms with Crippen LogP contribution in [0, 0.1) is 0 Å². The SMILES string of the molecule is CC1(C)Cc2cccc(Oc3ncc(CCl)cn3)c2O1. The predicted molar refractivity (Wildman–Crippen MR) is 76.5 cm³/mol. The Morgan fingerprint density at radius 3 is 2.75 bits per heavy atom. The van der Waals surface area contributed by atoms with Gasteiger partial charge in [0.15, 0.2) is 11.5 Å². The van der Waals surface area contributed by atoms with E-state index in [4.69, 9.17) is 21.1 Å². The third-order valence-electron chi connectivity index (χ3n) is 3.09. The number of nitrogens with zero attached hydrogens (tertiary/aromatic N) is 2. The number of aromatic nitrogens is 2.